The van der Waals surface area contributed by atoms with E-state index in [1.54, 1.807) is 0 Å². The molecule has 0 amide bonds. The van der Waals surface area contributed by atoms with Gasteiger partial charge < -0.3 is 8.83 Å². The fraction of sp³-hybridized carbons (Fsp3) is 0.375. The second-order valence-electron chi connectivity index (χ2n) is 2.65. The van der Waals surface area contributed by atoms with Gasteiger partial charge >= 0.3 is 5.78 Å². The summed E-state index contributed by atoms with van der Waals surface area (Å²) in [6, 6.07) is 0. The first-order valence-electron chi connectivity index (χ1n) is 3.51. The van der Waals surface area contributed by atoms with E-state index in [9.17, 15) is 0 Å². The molecule has 0 radical (unpaired) electrons. The van der Waals surface area contributed by atoms with Crippen LogP contribution in [0.1, 0.15) is 17.2 Å². The highest BCUT2D eigenvalue weighted by Crippen LogP contribution is 2.24. The average molecular weight is 151 g/mol. The van der Waals surface area contributed by atoms with Gasteiger partial charge in [-0.25, -0.2) is 4.98 Å². The third kappa shape index (κ3) is 0.770. The molecule has 0 atom stereocenters. The van der Waals surface area contributed by atoms with Crippen molar-refractivity contribution in [2.45, 2.75) is 20.8 Å². The fourth-order valence-corrected chi connectivity index (χ4v) is 1.10. The quantitative estimate of drug-likeness (QED) is 0.580. The SMILES string of the molecule is Cc1nc2c(C)c(C)oc2o1. The Morgan fingerprint density at radius 2 is 1.82 bits per heavy atom. The number of fused-ring (bicyclic) bond motifs is 1. The minimum absolute atomic E-state index is 0.539. The van der Waals surface area contributed by atoms with Crippen LogP contribution in [-0.2, 0) is 0 Å². The summed E-state index contributed by atoms with van der Waals surface area (Å²) in [6.07, 6.45) is 0. The van der Waals surface area contributed by atoms with Crippen LogP contribution in [0.25, 0.3) is 11.3 Å². The van der Waals surface area contributed by atoms with Gasteiger partial charge in [0.1, 0.15) is 5.76 Å². The Labute approximate surface area is 64.0 Å². The molecular weight excluding hydrogens is 142 g/mol. The van der Waals surface area contributed by atoms with Crippen molar-refractivity contribution in [3.05, 3.63) is 17.2 Å². The van der Waals surface area contributed by atoms with Crippen molar-refractivity contribution < 1.29 is 8.83 Å². The predicted molar refractivity (Wildman–Crippen MR) is 40.5 cm³/mol. The van der Waals surface area contributed by atoms with Gasteiger partial charge in [-0.3, -0.25) is 0 Å². The van der Waals surface area contributed by atoms with Crippen LogP contribution in [0.3, 0.4) is 0 Å². The maximum Gasteiger partial charge on any atom is 0.318 e. The van der Waals surface area contributed by atoms with E-state index in [4.69, 9.17) is 8.83 Å². The second kappa shape index (κ2) is 1.87. The summed E-state index contributed by atoms with van der Waals surface area (Å²) in [5.41, 5.74) is 1.91. The Morgan fingerprint density at radius 1 is 1.09 bits per heavy atom. The predicted octanol–water partition coefficient (Wildman–Crippen LogP) is 2.35. The lowest BCUT2D eigenvalue weighted by Crippen LogP contribution is -1.73. The maximum absolute atomic E-state index is 5.29. The Kier molecular flexibility index (Phi) is 1.10. The summed E-state index contributed by atoms with van der Waals surface area (Å²) >= 11 is 0. The first-order chi connectivity index (χ1) is 5.18. The molecule has 2 aromatic heterocycles. The van der Waals surface area contributed by atoms with Gasteiger partial charge in [-0.05, 0) is 13.8 Å². The molecule has 3 heteroatoms. The standard InChI is InChI=1S/C8H9NO2/c1-4-5(2)10-8-7(4)9-6(3)11-8/h1-3H3. The highest BCUT2D eigenvalue weighted by atomic mass is 16.5. The molecule has 0 aliphatic heterocycles. The molecule has 58 valence electrons. The normalized spacial score (nSPS) is 11.2. The molecule has 3 nitrogen and oxygen atoms in total. The van der Waals surface area contributed by atoms with Gasteiger partial charge in [-0.15, -0.1) is 0 Å². The molecule has 0 spiro atoms. The number of aryl methyl sites for hydroxylation is 3. The highest BCUT2D eigenvalue weighted by Gasteiger charge is 2.11. The summed E-state index contributed by atoms with van der Waals surface area (Å²) in [5.74, 6) is 2.07. The van der Waals surface area contributed by atoms with Crippen molar-refractivity contribution in [2.75, 3.05) is 0 Å². The third-order valence-electron chi connectivity index (χ3n) is 1.83. The molecule has 2 aromatic rings. The number of hydrogen-bond acceptors (Lipinski definition) is 3. The summed E-state index contributed by atoms with van der Waals surface area (Å²) < 4.78 is 10.5. The molecule has 2 heterocycles. The minimum Gasteiger partial charge on any atom is -0.429 e. The van der Waals surface area contributed by atoms with E-state index in [1.165, 1.54) is 0 Å². The molecule has 0 fully saturated rings. The number of furan rings is 1. The zero-order valence-corrected chi connectivity index (χ0v) is 6.76. The van der Waals surface area contributed by atoms with Crippen LogP contribution in [0.15, 0.2) is 8.83 Å². The number of rotatable bonds is 0. The lowest BCUT2D eigenvalue weighted by atomic mass is 10.3. The molecular formula is C8H9NO2. The summed E-state index contributed by atoms with van der Waals surface area (Å²) in [7, 11) is 0. The van der Waals surface area contributed by atoms with Gasteiger partial charge in [-0.1, -0.05) is 0 Å². The largest absolute Gasteiger partial charge is 0.429 e. The fourth-order valence-electron chi connectivity index (χ4n) is 1.10. The number of nitrogens with zero attached hydrogens (tertiary/aromatic N) is 1. The van der Waals surface area contributed by atoms with Crippen LogP contribution >= 0.6 is 0 Å². The number of oxazole rings is 1. The minimum atomic E-state index is 0.539. The van der Waals surface area contributed by atoms with E-state index >= 15 is 0 Å². The number of hydrogen-bond donors (Lipinski definition) is 0. The Morgan fingerprint density at radius 3 is 2.45 bits per heavy atom. The summed E-state index contributed by atoms with van der Waals surface area (Å²) in [4.78, 5) is 4.17. The van der Waals surface area contributed by atoms with E-state index in [2.05, 4.69) is 4.98 Å². The second-order valence-corrected chi connectivity index (χ2v) is 2.65. The average Bonchev–Trinajstić information content (AvgIpc) is 2.37. The zero-order chi connectivity index (χ0) is 8.01. The van der Waals surface area contributed by atoms with Crippen LogP contribution in [0.2, 0.25) is 0 Å². The number of aromatic nitrogens is 1. The van der Waals surface area contributed by atoms with Crippen LogP contribution < -0.4 is 0 Å². The summed E-state index contributed by atoms with van der Waals surface area (Å²) in [6.45, 7) is 5.69. The Bertz CT molecular complexity index is 397. The third-order valence-corrected chi connectivity index (χ3v) is 1.83. The molecule has 0 unspecified atom stereocenters. The van der Waals surface area contributed by atoms with Crippen molar-refractivity contribution in [1.82, 2.24) is 4.98 Å². The van der Waals surface area contributed by atoms with E-state index in [1.807, 2.05) is 20.8 Å². The van der Waals surface area contributed by atoms with Crippen LogP contribution in [0, 0.1) is 20.8 Å². The molecule has 0 aliphatic rings. The van der Waals surface area contributed by atoms with Gasteiger partial charge in [0.25, 0.3) is 0 Å². The maximum atomic E-state index is 5.29. The van der Waals surface area contributed by atoms with Crippen molar-refractivity contribution in [3.8, 4) is 0 Å². The van der Waals surface area contributed by atoms with E-state index in [0.717, 1.165) is 16.8 Å². The van der Waals surface area contributed by atoms with Gasteiger partial charge in [0.05, 0.1) is 0 Å². The van der Waals surface area contributed by atoms with Crippen molar-refractivity contribution in [3.63, 3.8) is 0 Å². The van der Waals surface area contributed by atoms with Gasteiger partial charge in [0.2, 0.25) is 0 Å². The van der Waals surface area contributed by atoms with Crippen molar-refractivity contribution in [1.29, 1.82) is 0 Å². The molecule has 2 rings (SSSR count). The van der Waals surface area contributed by atoms with E-state index in [0.29, 0.717) is 11.7 Å². The van der Waals surface area contributed by atoms with Crippen LogP contribution in [0.4, 0.5) is 0 Å². The van der Waals surface area contributed by atoms with Crippen molar-refractivity contribution in [2.24, 2.45) is 0 Å². The van der Waals surface area contributed by atoms with Gasteiger partial charge in [-0.2, -0.15) is 0 Å². The molecule has 0 bridgehead atoms. The molecule has 0 aliphatic carbocycles. The molecule has 0 aromatic carbocycles. The highest BCUT2D eigenvalue weighted by molar-refractivity contribution is 5.72. The monoisotopic (exact) mass is 151 g/mol. The zero-order valence-electron chi connectivity index (χ0n) is 6.76. The van der Waals surface area contributed by atoms with E-state index < -0.39 is 0 Å². The van der Waals surface area contributed by atoms with Crippen LogP contribution in [0.5, 0.6) is 0 Å². The Hall–Kier alpha value is -1.25. The lowest BCUT2D eigenvalue weighted by molar-refractivity contribution is 0.442. The molecule has 0 saturated heterocycles. The first-order valence-corrected chi connectivity index (χ1v) is 3.51. The smallest absolute Gasteiger partial charge is 0.318 e. The van der Waals surface area contributed by atoms with Gasteiger partial charge in [0.15, 0.2) is 11.4 Å². The van der Waals surface area contributed by atoms with Crippen LogP contribution in [-0.4, -0.2) is 4.98 Å². The summed E-state index contributed by atoms with van der Waals surface area (Å²) in [5, 5.41) is 0. The van der Waals surface area contributed by atoms with Gasteiger partial charge in [0, 0.05) is 12.5 Å². The lowest BCUT2D eigenvalue weighted by Gasteiger charge is -1.82. The topological polar surface area (TPSA) is 39.2 Å². The molecule has 0 saturated carbocycles. The first kappa shape index (κ1) is 6.46. The molecule has 11 heavy (non-hydrogen) atoms. The van der Waals surface area contributed by atoms with E-state index in [-0.39, 0.29) is 0 Å². The van der Waals surface area contributed by atoms with Crippen molar-refractivity contribution >= 4 is 11.3 Å². The Balaban J connectivity index is 2.88. The molecule has 0 N–H and O–H groups in total.